The summed E-state index contributed by atoms with van der Waals surface area (Å²) in [4.78, 5) is 6.95. The van der Waals surface area contributed by atoms with E-state index in [0.29, 0.717) is 6.04 Å². The molecular formula is C14H17N3. The van der Waals surface area contributed by atoms with E-state index in [1.807, 2.05) is 0 Å². The molecule has 1 unspecified atom stereocenters. The highest BCUT2D eigenvalue weighted by molar-refractivity contribution is 5.82. The minimum absolute atomic E-state index is 0.0991. The molecule has 1 aromatic rings. The lowest BCUT2D eigenvalue weighted by Crippen LogP contribution is -2.49. The fourth-order valence-corrected chi connectivity index (χ4v) is 3.54. The second-order valence-electron chi connectivity index (χ2n) is 5.46. The van der Waals surface area contributed by atoms with E-state index in [2.05, 4.69) is 34.2 Å². The van der Waals surface area contributed by atoms with Crippen LogP contribution in [0.2, 0.25) is 0 Å². The quantitative estimate of drug-likeness (QED) is 0.792. The minimum Gasteiger partial charge on any atom is -0.370 e. The van der Waals surface area contributed by atoms with Crippen LogP contribution in [0.15, 0.2) is 29.3 Å². The summed E-state index contributed by atoms with van der Waals surface area (Å²) in [6.07, 6.45) is 4.90. The van der Waals surface area contributed by atoms with Crippen molar-refractivity contribution in [3.8, 4) is 0 Å². The van der Waals surface area contributed by atoms with Crippen LogP contribution >= 0.6 is 0 Å². The van der Waals surface area contributed by atoms with Crippen LogP contribution in [0.1, 0.15) is 30.4 Å². The Bertz CT molecular complexity index is 504. The molecule has 0 saturated heterocycles. The number of rotatable bonds is 1. The molecule has 3 nitrogen and oxygen atoms in total. The number of aryl methyl sites for hydroxylation is 1. The Labute approximate surface area is 101 Å². The second kappa shape index (κ2) is 3.03. The Hall–Kier alpha value is -1.51. The number of aliphatic imine (C=N–C) groups is 1. The van der Waals surface area contributed by atoms with E-state index >= 15 is 0 Å². The van der Waals surface area contributed by atoms with Crippen molar-refractivity contribution in [1.29, 1.82) is 0 Å². The number of benzene rings is 1. The molecule has 1 atom stereocenters. The number of guanidine groups is 1. The van der Waals surface area contributed by atoms with Crippen LogP contribution in [0.5, 0.6) is 0 Å². The molecule has 0 bridgehead atoms. The number of hydrogen-bond acceptors (Lipinski definition) is 3. The van der Waals surface area contributed by atoms with Crippen molar-refractivity contribution in [3.05, 3.63) is 35.4 Å². The van der Waals surface area contributed by atoms with E-state index in [4.69, 9.17) is 5.73 Å². The van der Waals surface area contributed by atoms with E-state index < -0.39 is 0 Å². The third-order valence-electron chi connectivity index (χ3n) is 4.45. The molecule has 1 spiro atoms. The highest BCUT2D eigenvalue weighted by Crippen LogP contribution is 2.48. The van der Waals surface area contributed by atoms with E-state index in [0.717, 1.165) is 12.5 Å². The molecular weight excluding hydrogens is 210 g/mol. The topological polar surface area (TPSA) is 41.6 Å². The summed E-state index contributed by atoms with van der Waals surface area (Å²) < 4.78 is 0. The average Bonchev–Trinajstić information content (AvgIpc) is 3.04. The van der Waals surface area contributed by atoms with Crippen molar-refractivity contribution in [2.45, 2.75) is 37.3 Å². The van der Waals surface area contributed by atoms with Gasteiger partial charge in [-0.25, -0.2) is 0 Å². The normalized spacial score (nSPS) is 30.8. The number of hydrogen-bond donors (Lipinski definition) is 1. The highest BCUT2D eigenvalue weighted by atomic mass is 15.4. The predicted molar refractivity (Wildman–Crippen MR) is 67.8 cm³/mol. The summed E-state index contributed by atoms with van der Waals surface area (Å²) in [5, 5.41) is 0. The lowest BCUT2D eigenvalue weighted by atomic mass is 9.90. The third kappa shape index (κ3) is 1.14. The van der Waals surface area contributed by atoms with E-state index in [1.54, 1.807) is 0 Å². The maximum atomic E-state index is 6.11. The van der Waals surface area contributed by atoms with Crippen LogP contribution in [-0.4, -0.2) is 23.4 Å². The zero-order chi connectivity index (χ0) is 11.5. The molecule has 1 fully saturated rings. The van der Waals surface area contributed by atoms with Crippen LogP contribution < -0.4 is 5.73 Å². The molecule has 88 valence electrons. The first kappa shape index (κ1) is 9.51. The van der Waals surface area contributed by atoms with Crippen molar-refractivity contribution in [2.75, 3.05) is 6.54 Å². The van der Waals surface area contributed by atoms with Gasteiger partial charge < -0.3 is 10.6 Å². The molecule has 1 saturated carbocycles. The summed E-state index contributed by atoms with van der Waals surface area (Å²) >= 11 is 0. The summed E-state index contributed by atoms with van der Waals surface area (Å²) in [6, 6.07) is 9.45. The fraction of sp³-hybridized carbons (Fsp3) is 0.500. The van der Waals surface area contributed by atoms with Gasteiger partial charge in [0.15, 0.2) is 5.96 Å². The van der Waals surface area contributed by atoms with Crippen LogP contribution in [0.3, 0.4) is 0 Å². The van der Waals surface area contributed by atoms with Crippen molar-refractivity contribution in [2.24, 2.45) is 10.7 Å². The van der Waals surface area contributed by atoms with Crippen LogP contribution in [0.4, 0.5) is 0 Å². The zero-order valence-electron chi connectivity index (χ0n) is 9.89. The molecule has 0 amide bonds. The molecule has 1 heterocycles. The molecule has 2 N–H and O–H groups in total. The molecule has 2 aliphatic carbocycles. The maximum Gasteiger partial charge on any atom is 0.192 e. The van der Waals surface area contributed by atoms with Gasteiger partial charge in [0, 0.05) is 6.04 Å². The Morgan fingerprint density at radius 1 is 1.29 bits per heavy atom. The van der Waals surface area contributed by atoms with Crippen LogP contribution in [0.25, 0.3) is 0 Å². The summed E-state index contributed by atoms with van der Waals surface area (Å²) in [5.41, 5.74) is 9.16. The van der Waals surface area contributed by atoms with Gasteiger partial charge in [0.05, 0.1) is 12.1 Å². The molecule has 1 aromatic carbocycles. The first-order valence-electron chi connectivity index (χ1n) is 6.49. The Kier molecular flexibility index (Phi) is 1.70. The summed E-state index contributed by atoms with van der Waals surface area (Å²) in [7, 11) is 0. The van der Waals surface area contributed by atoms with Crippen molar-refractivity contribution in [1.82, 2.24) is 4.90 Å². The van der Waals surface area contributed by atoms with E-state index in [-0.39, 0.29) is 5.54 Å². The Morgan fingerprint density at radius 2 is 2.12 bits per heavy atom. The van der Waals surface area contributed by atoms with Crippen LogP contribution in [0, 0.1) is 0 Å². The van der Waals surface area contributed by atoms with Crippen molar-refractivity contribution in [3.63, 3.8) is 0 Å². The number of fused-ring (bicyclic) bond motifs is 2. The number of nitrogens with zero attached hydrogens (tertiary/aromatic N) is 2. The number of nitrogens with two attached hydrogens (primary N) is 1. The van der Waals surface area contributed by atoms with Gasteiger partial charge in [0.2, 0.25) is 0 Å². The van der Waals surface area contributed by atoms with Gasteiger partial charge >= 0.3 is 0 Å². The van der Waals surface area contributed by atoms with Gasteiger partial charge in [-0.2, -0.15) is 0 Å². The predicted octanol–water partition coefficient (Wildman–Crippen LogP) is 1.62. The Morgan fingerprint density at radius 3 is 2.94 bits per heavy atom. The largest absolute Gasteiger partial charge is 0.370 e. The monoisotopic (exact) mass is 227 g/mol. The zero-order valence-corrected chi connectivity index (χ0v) is 9.89. The lowest BCUT2D eigenvalue weighted by Gasteiger charge is -2.37. The molecule has 0 radical (unpaired) electrons. The van der Waals surface area contributed by atoms with Gasteiger partial charge in [-0.3, -0.25) is 4.99 Å². The Balaban J connectivity index is 1.84. The van der Waals surface area contributed by atoms with Gasteiger partial charge in [-0.05, 0) is 36.8 Å². The summed E-state index contributed by atoms with van der Waals surface area (Å²) in [6.45, 7) is 0.854. The van der Waals surface area contributed by atoms with E-state index in [9.17, 15) is 0 Å². The average molecular weight is 227 g/mol. The van der Waals surface area contributed by atoms with Crippen LogP contribution in [-0.2, 0) is 12.0 Å². The molecule has 4 rings (SSSR count). The van der Waals surface area contributed by atoms with Gasteiger partial charge in [-0.1, -0.05) is 24.3 Å². The molecule has 0 aromatic heterocycles. The highest BCUT2D eigenvalue weighted by Gasteiger charge is 2.52. The maximum absolute atomic E-state index is 6.11. The first-order chi connectivity index (χ1) is 8.31. The SMILES string of the molecule is NC1=NCC2(CCc3ccccc32)N1C1CC1. The van der Waals surface area contributed by atoms with E-state index in [1.165, 1.54) is 36.8 Å². The molecule has 1 aliphatic heterocycles. The van der Waals surface area contributed by atoms with Gasteiger partial charge in [-0.15, -0.1) is 0 Å². The standard InChI is InChI=1S/C14H17N3/c15-13-16-9-14(17(13)11-5-6-11)8-7-10-3-1-2-4-12(10)14/h1-4,11H,5-9H2,(H2,15,16). The molecule has 3 aliphatic rings. The first-order valence-corrected chi connectivity index (χ1v) is 6.49. The summed E-state index contributed by atoms with van der Waals surface area (Å²) in [5.74, 6) is 0.768. The van der Waals surface area contributed by atoms with Gasteiger partial charge in [0.25, 0.3) is 0 Å². The molecule has 17 heavy (non-hydrogen) atoms. The molecule has 3 heteroatoms. The van der Waals surface area contributed by atoms with Gasteiger partial charge in [0.1, 0.15) is 0 Å². The third-order valence-corrected chi connectivity index (χ3v) is 4.45. The smallest absolute Gasteiger partial charge is 0.192 e. The minimum atomic E-state index is 0.0991. The van der Waals surface area contributed by atoms with Crippen molar-refractivity contribution < 1.29 is 0 Å². The second-order valence-corrected chi connectivity index (χ2v) is 5.46. The van der Waals surface area contributed by atoms with Crippen molar-refractivity contribution >= 4 is 5.96 Å². The lowest BCUT2D eigenvalue weighted by molar-refractivity contribution is 0.193. The fourth-order valence-electron chi connectivity index (χ4n) is 3.54.